The number of carbonyl (C=O) groups is 1. The van der Waals surface area contributed by atoms with Gasteiger partial charge in [0.1, 0.15) is 11.3 Å². The highest BCUT2D eigenvalue weighted by Crippen LogP contribution is 2.42. The largest absolute Gasteiger partial charge is 0.496 e. The van der Waals surface area contributed by atoms with Crippen molar-refractivity contribution >= 4 is 5.97 Å². The molecule has 6 nitrogen and oxygen atoms in total. The van der Waals surface area contributed by atoms with Crippen LogP contribution >= 0.6 is 0 Å². The third-order valence-corrected chi connectivity index (χ3v) is 6.12. The fraction of sp³-hybridized carbons (Fsp3) is 0.682. The zero-order valence-corrected chi connectivity index (χ0v) is 17.4. The molecule has 156 valence electrons. The van der Waals surface area contributed by atoms with Crippen molar-refractivity contribution in [3.8, 4) is 5.75 Å². The second kappa shape index (κ2) is 8.01. The molecular weight excluding hydrogens is 358 g/mol. The summed E-state index contributed by atoms with van der Waals surface area (Å²) in [7, 11) is 1.48. The molecule has 2 aliphatic rings. The van der Waals surface area contributed by atoms with Crippen LogP contribution in [0.1, 0.15) is 62.4 Å². The van der Waals surface area contributed by atoms with Gasteiger partial charge in [-0.3, -0.25) is 4.90 Å². The Kier molecular flexibility index (Phi) is 6.03. The summed E-state index contributed by atoms with van der Waals surface area (Å²) in [6, 6.07) is 5.34. The van der Waals surface area contributed by atoms with Gasteiger partial charge in [0.05, 0.1) is 24.9 Å². The number of methoxy groups -OCH3 is 1. The summed E-state index contributed by atoms with van der Waals surface area (Å²) in [6.07, 6.45) is 2.96. The molecule has 0 bridgehead atoms. The number of piperidine rings is 1. The van der Waals surface area contributed by atoms with Gasteiger partial charge in [-0.05, 0) is 36.0 Å². The standard InChI is InChI=1S/C22H33NO5/c1-21(2,3)19-12-16(24)13-22(28-19)7-9-23(10-8-22)14-15-5-6-18(27-4)17(11-15)20(25)26/h5-6,11,16,19,24H,7-10,12-14H2,1-4H3,(H,25,26)/t16-,19-/m1/s1. The lowest BCUT2D eigenvalue weighted by atomic mass is 9.76. The molecule has 2 heterocycles. The molecule has 2 N–H and O–H groups in total. The summed E-state index contributed by atoms with van der Waals surface area (Å²) in [4.78, 5) is 13.8. The third-order valence-electron chi connectivity index (χ3n) is 6.12. The lowest BCUT2D eigenvalue weighted by Gasteiger charge is -2.50. The van der Waals surface area contributed by atoms with Crippen LogP contribution in [0.25, 0.3) is 0 Å². The molecule has 0 saturated carbocycles. The van der Waals surface area contributed by atoms with Crippen LogP contribution in [0.3, 0.4) is 0 Å². The molecule has 2 atom stereocenters. The van der Waals surface area contributed by atoms with Gasteiger partial charge in [-0.25, -0.2) is 4.79 Å². The van der Waals surface area contributed by atoms with Gasteiger partial charge in [0.2, 0.25) is 0 Å². The molecule has 2 aliphatic heterocycles. The number of hydrogen-bond donors (Lipinski definition) is 2. The highest BCUT2D eigenvalue weighted by atomic mass is 16.5. The molecule has 1 aromatic carbocycles. The molecule has 3 rings (SSSR count). The van der Waals surface area contributed by atoms with Crippen LogP contribution in [-0.4, -0.2) is 59.1 Å². The maximum absolute atomic E-state index is 11.4. The molecule has 2 saturated heterocycles. The fourth-order valence-corrected chi connectivity index (χ4v) is 4.41. The van der Waals surface area contributed by atoms with Crippen molar-refractivity contribution in [2.24, 2.45) is 5.41 Å². The van der Waals surface area contributed by atoms with Crippen molar-refractivity contribution in [1.82, 2.24) is 4.90 Å². The van der Waals surface area contributed by atoms with E-state index in [0.29, 0.717) is 25.1 Å². The molecule has 2 fully saturated rings. The Morgan fingerprint density at radius 3 is 2.57 bits per heavy atom. The summed E-state index contributed by atoms with van der Waals surface area (Å²) < 4.78 is 11.7. The summed E-state index contributed by atoms with van der Waals surface area (Å²) in [6.45, 7) is 8.95. The zero-order valence-electron chi connectivity index (χ0n) is 17.4. The molecule has 0 amide bonds. The number of likely N-dealkylation sites (tertiary alicyclic amines) is 1. The number of nitrogens with zero attached hydrogens (tertiary/aromatic N) is 1. The summed E-state index contributed by atoms with van der Waals surface area (Å²) in [5, 5.41) is 19.8. The van der Waals surface area contributed by atoms with Crippen molar-refractivity contribution < 1.29 is 24.5 Å². The number of aliphatic hydroxyl groups is 1. The normalized spacial score (nSPS) is 25.6. The van der Waals surface area contributed by atoms with E-state index in [0.717, 1.165) is 31.5 Å². The highest BCUT2D eigenvalue weighted by molar-refractivity contribution is 5.91. The Morgan fingerprint density at radius 2 is 2.00 bits per heavy atom. The van der Waals surface area contributed by atoms with E-state index in [9.17, 15) is 15.0 Å². The van der Waals surface area contributed by atoms with E-state index >= 15 is 0 Å². The molecule has 0 aromatic heterocycles. The smallest absolute Gasteiger partial charge is 0.339 e. The van der Waals surface area contributed by atoms with Gasteiger partial charge in [-0.1, -0.05) is 26.8 Å². The van der Waals surface area contributed by atoms with Gasteiger partial charge in [0.15, 0.2) is 0 Å². The Hall–Kier alpha value is -1.63. The Balaban J connectivity index is 1.64. The lowest BCUT2D eigenvalue weighted by Crippen LogP contribution is -2.55. The maximum Gasteiger partial charge on any atom is 0.339 e. The number of benzene rings is 1. The van der Waals surface area contributed by atoms with Crippen LogP contribution in [-0.2, 0) is 11.3 Å². The topological polar surface area (TPSA) is 79.2 Å². The van der Waals surface area contributed by atoms with E-state index < -0.39 is 5.97 Å². The van der Waals surface area contributed by atoms with Crippen LogP contribution in [0.15, 0.2) is 18.2 Å². The predicted octanol–water partition coefficient (Wildman–Crippen LogP) is 3.31. The highest BCUT2D eigenvalue weighted by Gasteiger charge is 2.46. The molecule has 0 radical (unpaired) electrons. The van der Waals surface area contributed by atoms with Crippen LogP contribution in [0, 0.1) is 5.41 Å². The number of carboxylic acids is 1. The molecule has 28 heavy (non-hydrogen) atoms. The molecular formula is C22H33NO5. The summed E-state index contributed by atoms with van der Waals surface area (Å²) in [5.41, 5.74) is 0.937. The third kappa shape index (κ3) is 4.67. The number of carboxylic acid groups (broad SMARTS) is 1. The zero-order chi connectivity index (χ0) is 20.5. The molecule has 0 aliphatic carbocycles. The van der Waals surface area contributed by atoms with Crippen LogP contribution < -0.4 is 4.74 Å². The van der Waals surface area contributed by atoms with E-state index in [2.05, 4.69) is 25.7 Å². The van der Waals surface area contributed by atoms with Gasteiger partial charge in [0.25, 0.3) is 0 Å². The Morgan fingerprint density at radius 1 is 1.32 bits per heavy atom. The number of hydrogen-bond acceptors (Lipinski definition) is 5. The minimum Gasteiger partial charge on any atom is -0.496 e. The van der Waals surface area contributed by atoms with Crippen LogP contribution in [0.4, 0.5) is 0 Å². The van der Waals surface area contributed by atoms with Gasteiger partial charge >= 0.3 is 5.97 Å². The molecule has 1 aromatic rings. The Bertz CT molecular complexity index is 703. The first-order valence-corrected chi connectivity index (χ1v) is 10.1. The molecule has 0 unspecified atom stereocenters. The first-order valence-electron chi connectivity index (χ1n) is 10.1. The average Bonchev–Trinajstić information content (AvgIpc) is 2.62. The second-order valence-corrected chi connectivity index (χ2v) is 9.37. The second-order valence-electron chi connectivity index (χ2n) is 9.37. The number of aromatic carboxylic acids is 1. The first-order chi connectivity index (χ1) is 13.1. The van der Waals surface area contributed by atoms with E-state index in [4.69, 9.17) is 9.47 Å². The summed E-state index contributed by atoms with van der Waals surface area (Å²) in [5.74, 6) is -0.597. The number of aliphatic hydroxyl groups excluding tert-OH is 1. The van der Waals surface area contributed by atoms with Crippen molar-refractivity contribution in [1.29, 1.82) is 0 Å². The number of rotatable bonds is 4. The van der Waals surface area contributed by atoms with Gasteiger partial charge in [-0.2, -0.15) is 0 Å². The van der Waals surface area contributed by atoms with Crippen molar-refractivity contribution in [3.05, 3.63) is 29.3 Å². The van der Waals surface area contributed by atoms with Crippen LogP contribution in [0.2, 0.25) is 0 Å². The van der Waals surface area contributed by atoms with Gasteiger partial charge in [-0.15, -0.1) is 0 Å². The van der Waals surface area contributed by atoms with E-state index in [1.165, 1.54) is 7.11 Å². The molecule has 1 spiro atoms. The van der Waals surface area contributed by atoms with Crippen molar-refractivity contribution in [2.45, 2.75) is 70.8 Å². The monoisotopic (exact) mass is 391 g/mol. The van der Waals surface area contributed by atoms with Crippen LogP contribution in [0.5, 0.6) is 5.75 Å². The quantitative estimate of drug-likeness (QED) is 0.820. The van der Waals surface area contributed by atoms with E-state index in [1.807, 2.05) is 6.07 Å². The van der Waals surface area contributed by atoms with E-state index in [1.54, 1.807) is 12.1 Å². The van der Waals surface area contributed by atoms with Crippen molar-refractivity contribution in [2.75, 3.05) is 20.2 Å². The predicted molar refractivity (Wildman–Crippen MR) is 107 cm³/mol. The minimum absolute atomic E-state index is 0.0157. The van der Waals surface area contributed by atoms with Gasteiger partial charge < -0.3 is 19.7 Å². The maximum atomic E-state index is 11.4. The van der Waals surface area contributed by atoms with Crippen molar-refractivity contribution in [3.63, 3.8) is 0 Å². The Labute approximate surface area is 167 Å². The molecule has 6 heteroatoms. The number of ether oxygens (including phenoxy) is 2. The lowest BCUT2D eigenvalue weighted by molar-refractivity contribution is -0.207. The average molecular weight is 392 g/mol. The SMILES string of the molecule is COc1ccc(CN2CCC3(CC2)C[C@H](O)C[C@H](C(C)(C)C)O3)cc1C(=O)O. The van der Waals surface area contributed by atoms with E-state index in [-0.39, 0.29) is 28.8 Å². The fourth-order valence-electron chi connectivity index (χ4n) is 4.41. The van der Waals surface area contributed by atoms with Gasteiger partial charge in [0, 0.05) is 32.5 Å². The summed E-state index contributed by atoms with van der Waals surface area (Å²) >= 11 is 0. The minimum atomic E-state index is -0.978. The first kappa shape index (κ1) is 21.1.